The number of carbonyl (C=O) groups is 1. The SMILES string of the molecule is CCC(C)C1CC(=O)N(CC)C1.CCc1cc(Cl)ccc1Cl.Cc1ccc(C#N)c(Cl)c1. The second-order valence-electron chi connectivity index (χ2n) is 7.97. The zero-order valence-corrected chi connectivity index (χ0v) is 21.9. The van der Waals surface area contributed by atoms with Crippen LogP contribution in [0.4, 0.5) is 0 Å². The number of carbonyl (C=O) groups excluding carboxylic acids is 1. The average Bonchev–Trinajstić information content (AvgIpc) is 3.16. The van der Waals surface area contributed by atoms with E-state index in [1.54, 1.807) is 18.2 Å². The Kier molecular flexibility index (Phi) is 12.8. The lowest BCUT2D eigenvalue weighted by molar-refractivity contribution is -0.127. The van der Waals surface area contributed by atoms with Gasteiger partial charge in [-0.2, -0.15) is 5.26 Å². The van der Waals surface area contributed by atoms with Crippen LogP contribution in [0.1, 0.15) is 57.2 Å². The first-order valence-corrected chi connectivity index (χ1v) is 12.2. The molecule has 32 heavy (non-hydrogen) atoms. The zero-order chi connectivity index (χ0) is 24.3. The van der Waals surface area contributed by atoms with Gasteiger partial charge >= 0.3 is 0 Å². The van der Waals surface area contributed by atoms with E-state index in [2.05, 4.69) is 27.7 Å². The van der Waals surface area contributed by atoms with Gasteiger partial charge in [0.15, 0.2) is 0 Å². The summed E-state index contributed by atoms with van der Waals surface area (Å²) in [5, 5.41) is 10.6. The third-order valence-corrected chi connectivity index (χ3v) is 6.63. The van der Waals surface area contributed by atoms with Crippen molar-refractivity contribution >= 4 is 40.7 Å². The smallest absolute Gasteiger partial charge is 0.222 e. The lowest BCUT2D eigenvalue weighted by atomic mass is 9.91. The fourth-order valence-electron chi connectivity index (χ4n) is 3.35. The summed E-state index contributed by atoms with van der Waals surface area (Å²) in [6.07, 6.45) is 2.90. The quantitative estimate of drug-likeness (QED) is 0.431. The number of rotatable bonds is 4. The number of nitrogens with zero attached hydrogens (tertiary/aromatic N) is 2. The van der Waals surface area contributed by atoms with E-state index in [0.29, 0.717) is 28.3 Å². The van der Waals surface area contributed by atoms with E-state index in [0.717, 1.165) is 47.1 Å². The van der Waals surface area contributed by atoms with Crippen molar-refractivity contribution in [1.82, 2.24) is 4.90 Å². The van der Waals surface area contributed by atoms with Crippen molar-refractivity contribution in [3.05, 3.63) is 68.2 Å². The molecule has 1 amide bonds. The minimum absolute atomic E-state index is 0.350. The summed E-state index contributed by atoms with van der Waals surface area (Å²) in [7, 11) is 0. The molecule has 0 bridgehead atoms. The van der Waals surface area contributed by atoms with Gasteiger partial charge in [-0.1, -0.05) is 68.1 Å². The summed E-state index contributed by atoms with van der Waals surface area (Å²) < 4.78 is 0. The number of nitriles is 1. The molecule has 1 aliphatic heterocycles. The number of benzene rings is 2. The molecule has 0 N–H and O–H groups in total. The van der Waals surface area contributed by atoms with E-state index < -0.39 is 0 Å². The van der Waals surface area contributed by atoms with Crippen LogP contribution in [0.5, 0.6) is 0 Å². The van der Waals surface area contributed by atoms with Gasteiger partial charge in [0.05, 0.1) is 10.6 Å². The normalized spacial score (nSPS) is 15.8. The molecule has 3 rings (SSSR count). The monoisotopic (exact) mass is 494 g/mol. The van der Waals surface area contributed by atoms with Gasteiger partial charge in [0.1, 0.15) is 6.07 Å². The van der Waals surface area contributed by atoms with E-state index in [9.17, 15) is 4.79 Å². The topological polar surface area (TPSA) is 44.1 Å². The van der Waals surface area contributed by atoms with E-state index in [-0.39, 0.29) is 0 Å². The van der Waals surface area contributed by atoms with Crippen molar-refractivity contribution in [3.8, 4) is 6.07 Å². The number of aryl methyl sites for hydroxylation is 2. The van der Waals surface area contributed by atoms with Gasteiger partial charge < -0.3 is 4.90 Å². The molecule has 2 aromatic carbocycles. The summed E-state index contributed by atoms with van der Waals surface area (Å²) >= 11 is 17.3. The third-order valence-electron chi connectivity index (χ3n) is 5.71. The maximum atomic E-state index is 11.4. The van der Waals surface area contributed by atoms with Crippen LogP contribution in [0.15, 0.2) is 36.4 Å². The van der Waals surface area contributed by atoms with Gasteiger partial charge in [0.25, 0.3) is 0 Å². The number of hydrogen-bond acceptors (Lipinski definition) is 2. The largest absolute Gasteiger partial charge is 0.343 e. The Bertz CT molecular complexity index is 915. The number of amides is 1. The van der Waals surface area contributed by atoms with Gasteiger partial charge in [-0.05, 0) is 73.6 Å². The van der Waals surface area contributed by atoms with Gasteiger partial charge in [-0.25, -0.2) is 0 Å². The first-order chi connectivity index (χ1) is 15.2. The first kappa shape index (κ1) is 28.3. The molecule has 3 nitrogen and oxygen atoms in total. The van der Waals surface area contributed by atoms with Crippen LogP contribution in [0.2, 0.25) is 15.1 Å². The molecular weight excluding hydrogens is 463 g/mol. The minimum Gasteiger partial charge on any atom is -0.343 e. The molecule has 0 aliphatic carbocycles. The summed E-state index contributed by atoms with van der Waals surface area (Å²) in [6, 6.07) is 12.9. The fourth-order valence-corrected chi connectivity index (χ4v) is 4.07. The number of halogens is 3. The van der Waals surface area contributed by atoms with Crippen LogP contribution in [0.3, 0.4) is 0 Å². The molecule has 2 unspecified atom stereocenters. The Labute approximate surface area is 208 Å². The molecule has 0 saturated carbocycles. The van der Waals surface area contributed by atoms with Crippen LogP contribution in [0, 0.1) is 30.1 Å². The summed E-state index contributed by atoms with van der Waals surface area (Å²) in [4.78, 5) is 13.3. The molecule has 0 radical (unpaired) electrons. The minimum atomic E-state index is 0.350. The Balaban J connectivity index is 0.000000241. The predicted molar refractivity (Wildman–Crippen MR) is 137 cm³/mol. The second kappa shape index (κ2) is 14.4. The van der Waals surface area contributed by atoms with Crippen LogP contribution in [-0.2, 0) is 11.2 Å². The molecular formula is C26H33Cl3N2O. The molecule has 2 atom stereocenters. The highest BCUT2D eigenvalue weighted by Gasteiger charge is 2.30. The number of hydrogen-bond donors (Lipinski definition) is 0. The highest BCUT2D eigenvalue weighted by atomic mass is 35.5. The van der Waals surface area contributed by atoms with E-state index in [4.69, 9.17) is 40.1 Å². The third kappa shape index (κ3) is 9.02. The van der Waals surface area contributed by atoms with Crippen molar-refractivity contribution in [3.63, 3.8) is 0 Å². The molecule has 0 aromatic heterocycles. The van der Waals surface area contributed by atoms with E-state index in [1.165, 1.54) is 6.42 Å². The molecule has 1 heterocycles. The lowest BCUT2D eigenvalue weighted by Crippen LogP contribution is -2.25. The van der Waals surface area contributed by atoms with Crippen LogP contribution < -0.4 is 0 Å². The van der Waals surface area contributed by atoms with Gasteiger partial charge in [0.2, 0.25) is 5.91 Å². The maximum absolute atomic E-state index is 11.4. The Morgan fingerprint density at radius 3 is 2.25 bits per heavy atom. The summed E-state index contributed by atoms with van der Waals surface area (Å²) in [5.74, 6) is 1.66. The molecule has 1 saturated heterocycles. The predicted octanol–water partition coefficient (Wildman–Crippen LogP) is 7.98. The van der Waals surface area contributed by atoms with Crippen molar-refractivity contribution in [2.45, 2.75) is 53.9 Å². The highest BCUT2D eigenvalue weighted by molar-refractivity contribution is 6.33. The van der Waals surface area contributed by atoms with Crippen LogP contribution in [-0.4, -0.2) is 23.9 Å². The fraction of sp³-hybridized carbons (Fsp3) is 0.462. The molecule has 1 aliphatic rings. The molecule has 174 valence electrons. The van der Waals surface area contributed by atoms with E-state index in [1.807, 2.05) is 36.1 Å². The maximum Gasteiger partial charge on any atom is 0.222 e. The first-order valence-electron chi connectivity index (χ1n) is 11.0. The van der Waals surface area contributed by atoms with Gasteiger partial charge in [-0.3, -0.25) is 4.79 Å². The second-order valence-corrected chi connectivity index (χ2v) is 9.22. The van der Waals surface area contributed by atoms with Crippen LogP contribution in [0.25, 0.3) is 0 Å². The van der Waals surface area contributed by atoms with E-state index >= 15 is 0 Å². The van der Waals surface area contributed by atoms with Crippen molar-refractivity contribution < 1.29 is 4.79 Å². The Morgan fingerprint density at radius 1 is 1.09 bits per heavy atom. The standard InChI is InChI=1S/C10H19NO.C8H8Cl2.C8H6ClN/c1-4-8(3)9-6-10(12)11(5-2)7-9;1-2-6-5-7(9)3-4-8(6)10;1-6-2-3-7(5-10)8(9)4-6/h8-9H,4-7H2,1-3H3;3-5H,2H2,1H3;2-4H,1H3. The average molecular weight is 496 g/mol. The van der Waals surface area contributed by atoms with Gasteiger partial charge in [-0.15, -0.1) is 0 Å². The van der Waals surface area contributed by atoms with Crippen molar-refractivity contribution in [2.24, 2.45) is 11.8 Å². The highest BCUT2D eigenvalue weighted by Crippen LogP contribution is 2.26. The lowest BCUT2D eigenvalue weighted by Gasteiger charge is -2.17. The van der Waals surface area contributed by atoms with Crippen LogP contribution >= 0.6 is 34.8 Å². The molecule has 6 heteroatoms. The van der Waals surface area contributed by atoms with Crippen molar-refractivity contribution in [2.75, 3.05) is 13.1 Å². The summed E-state index contributed by atoms with van der Waals surface area (Å²) in [5.41, 5.74) is 2.71. The molecule has 0 spiro atoms. The van der Waals surface area contributed by atoms with Crippen molar-refractivity contribution in [1.29, 1.82) is 5.26 Å². The Hall–Kier alpha value is -1.73. The number of likely N-dealkylation sites (tertiary alicyclic amines) is 1. The Morgan fingerprint density at radius 2 is 1.78 bits per heavy atom. The molecule has 2 aromatic rings. The van der Waals surface area contributed by atoms with Gasteiger partial charge in [0, 0.05) is 29.6 Å². The zero-order valence-electron chi connectivity index (χ0n) is 19.6. The summed E-state index contributed by atoms with van der Waals surface area (Å²) in [6.45, 7) is 12.4. The molecule has 1 fully saturated rings.